The van der Waals surface area contributed by atoms with Gasteiger partial charge in [-0.25, -0.2) is 14.4 Å². The fourth-order valence-corrected chi connectivity index (χ4v) is 3.74. The first-order valence-corrected chi connectivity index (χ1v) is 9.88. The molecule has 0 aliphatic carbocycles. The van der Waals surface area contributed by atoms with E-state index in [-0.39, 0.29) is 41.9 Å². The fourth-order valence-electron chi connectivity index (χ4n) is 3.74. The van der Waals surface area contributed by atoms with Crippen LogP contribution in [-0.2, 0) is 6.42 Å². The summed E-state index contributed by atoms with van der Waals surface area (Å²) in [5.74, 6) is 1.88. The van der Waals surface area contributed by atoms with Crippen LogP contribution in [0.3, 0.4) is 0 Å². The fraction of sp³-hybridized carbons (Fsp3) is 0.429. The third-order valence-electron chi connectivity index (χ3n) is 5.08. The van der Waals surface area contributed by atoms with Gasteiger partial charge in [0, 0.05) is 38.3 Å². The van der Waals surface area contributed by atoms with E-state index in [1.807, 2.05) is 30.0 Å². The summed E-state index contributed by atoms with van der Waals surface area (Å²) in [4.78, 5) is 10.9. The summed E-state index contributed by atoms with van der Waals surface area (Å²) in [7, 11) is 0. The van der Waals surface area contributed by atoms with Crippen LogP contribution < -0.4 is 20.3 Å². The number of nitrogens with one attached hydrogen (secondary N) is 2. The number of hydrogen-bond donors (Lipinski definition) is 2. The molecule has 29 heavy (non-hydrogen) atoms. The predicted molar refractivity (Wildman–Crippen MR) is 124 cm³/mol. The Balaban J connectivity index is 0.00000240. The number of halogens is 2. The summed E-state index contributed by atoms with van der Waals surface area (Å²) >= 11 is 0. The molecule has 2 aromatic rings. The van der Waals surface area contributed by atoms with Crippen molar-refractivity contribution in [2.75, 3.05) is 31.1 Å². The molecule has 2 aliphatic rings. The molecule has 1 saturated heterocycles. The number of hydrogen-bond acceptors (Lipinski definition) is 4. The molecule has 2 atom stereocenters. The zero-order valence-electron chi connectivity index (χ0n) is 16.5. The van der Waals surface area contributed by atoms with E-state index in [1.54, 1.807) is 12.3 Å². The molecule has 2 unspecified atom stereocenters. The SMILES string of the molecule is CCNC(=NCC1Cc2ccccc2O1)NC1CCN(c2ncccc2F)C1.I. The van der Waals surface area contributed by atoms with Crippen molar-refractivity contribution in [1.82, 2.24) is 15.6 Å². The number of anilines is 1. The van der Waals surface area contributed by atoms with Gasteiger partial charge in [0.2, 0.25) is 0 Å². The zero-order valence-corrected chi connectivity index (χ0v) is 18.8. The Hall–Kier alpha value is -2.10. The number of rotatable bonds is 5. The number of para-hydroxylation sites is 1. The molecule has 1 aromatic carbocycles. The van der Waals surface area contributed by atoms with Crippen LogP contribution in [0.2, 0.25) is 0 Å². The van der Waals surface area contributed by atoms with Crippen molar-refractivity contribution in [3.8, 4) is 5.75 Å². The smallest absolute Gasteiger partial charge is 0.191 e. The molecule has 1 aromatic heterocycles. The lowest BCUT2D eigenvalue weighted by atomic mass is 10.1. The van der Waals surface area contributed by atoms with Gasteiger partial charge in [-0.2, -0.15) is 0 Å². The number of nitrogens with zero attached hydrogens (tertiary/aromatic N) is 3. The molecule has 1 fully saturated rings. The second kappa shape index (κ2) is 10.1. The van der Waals surface area contributed by atoms with Crippen molar-refractivity contribution in [3.63, 3.8) is 0 Å². The number of aliphatic imine (C=N–C) groups is 1. The molecule has 3 heterocycles. The van der Waals surface area contributed by atoms with E-state index in [1.165, 1.54) is 11.6 Å². The average molecular weight is 511 g/mol. The molecular formula is C21H27FIN5O. The minimum Gasteiger partial charge on any atom is -0.488 e. The monoisotopic (exact) mass is 511 g/mol. The molecule has 0 amide bonds. The number of pyridine rings is 1. The minimum atomic E-state index is -0.276. The van der Waals surface area contributed by atoms with E-state index in [0.29, 0.717) is 18.9 Å². The summed E-state index contributed by atoms with van der Waals surface area (Å²) in [5, 5.41) is 6.77. The van der Waals surface area contributed by atoms with Crippen molar-refractivity contribution in [2.45, 2.75) is 31.9 Å². The molecule has 8 heteroatoms. The van der Waals surface area contributed by atoms with Gasteiger partial charge in [0.25, 0.3) is 0 Å². The summed E-state index contributed by atoms with van der Waals surface area (Å²) in [6.07, 6.45) is 3.49. The molecule has 0 bridgehead atoms. The van der Waals surface area contributed by atoms with Gasteiger partial charge in [-0.05, 0) is 37.1 Å². The molecule has 2 aliphatic heterocycles. The Morgan fingerprint density at radius 3 is 2.97 bits per heavy atom. The van der Waals surface area contributed by atoms with Crippen LogP contribution in [0.1, 0.15) is 18.9 Å². The van der Waals surface area contributed by atoms with E-state index in [0.717, 1.165) is 37.6 Å². The second-order valence-electron chi connectivity index (χ2n) is 7.16. The van der Waals surface area contributed by atoms with E-state index in [4.69, 9.17) is 9.73 Å². The molecule has 156 valence electrons. The van der Waals surface area contributed by atoms with Crippen LogP contribution in [0.4, 0.5) is 10.2 Å². The highest BCUT2D eigenvalue weighted by Crippen LogP contribution is 2.28. The van der Waals surface area contributed by atoms with Gasteiger partial charge in [-0.15, -0.1) is 24.0 Å². The number of ether oxygens (including phenoxy) is 1. The summed E-state index contributed by atoms with van der Waals surface area (Å²) < 4.78 is 20.0. The van der Waals surface area contributed by atoms with Gasteiger partial charge in [0.1, 0.15) is 11.9 Å². The topological polar surface area (TPSA) is 61.8 Å². The molecule has 0 radical (unpaired) electrons. The Morgan fingerprint density at radius 2 is 2.17 bits per heavy atom. The molecule has 4 rings (SSSR count). The Labute approximate surface area is 188 Å². The predicted octanol–water partition coefficient (Wildman–Crippen LogP) is 2.98. The standard InChI is InChI=1S/C21H26FN5O.HI/c1-2-23-21(25-13-17-12-15-6-3-4-8-19(15)28-17)26-16-9-11-27(14-16)20-18(22)7-5-10-24-20;/h3-8,10,16-17H,2,9,11-14H2,1H3,(H2,23,25,26);1H. The van der Waals surface area contributed by atoms with Gasteiger partial charge < -0.3 is 20.3 Å². The average Bonchev–Trinajstić information content (AvgIpc) is 3.33. The lowest BCUT2D eigenvalue weighted by Gasteiger charge is -2.20. The van der Waals surface area contributed by atoms with Gasteiger partial charge in [-0.3, -0.25) is 0 Å². The molecule has 6 nitrogen and oxygen atoms in total. The first kappa shape index (κ1) is 21.6. The molecule has 2 N–H and O–H groups in total. The maximum absolute atomic E-state index is 14.0. The van der Waals surface area contributed by atoms with Gasteiger partial charge in [-0.1, -0.05) is 18.2 Å². The second-order valence-corrected chi connectivity index (χ2v) is 7.16. The highest BCUT2D eigenvalue weighted by molar-refractivity contribution is 14.0. The Morgan fingerprint density at radius 1 is 1.31 bits per heavy atom. The summed E-state index contributed by atoms with van der Waals surface area (Å²) in [6.45, 7) is 4.89. The van der Waals surface area contributed by atoms with Crippen LogP contribution in [0.25, 0.3) is 0 Å². The number of fused-ring (bicyclic) bond motifs is 1. The van der Waals surface area contributed by atoms with Crippen molar-refractivity contribution < 1.29 is 9.13 Å². The maximum atomic E-state index is 14.0. The lowest BCUT2D eigenvalue weighted by Crippen LogP contribution is -2.45. The van der Waals surface area contributed by atoms with Crippen LogP contribution in [0.5, 0.6) is 5.75 Å². The first-order chi connectivity index (χ1) is 13.7. The quantitative estimate of drug-likeness (QED) is 0.368. The van der Waals surface area contributed by atoms with Crippen LogP contribution in [0.15, 0.2) is 47.6 Å². The van der Waals surface area contributed by atoms with Crippen LogP contribution in [-0.4, -0.2) is 49.3 Å². The Kier molecular flexibility index (Phi) is 7.51. The normalized spacial score (nSPS) is 20.6. The van der Waals surface area contributed by atoms with Gasteiger partial charge in [0.05, 0.1) is 6.54 Å². The largest absolute Gasteiger partial charge is 0.488 e. The van der Waals surface area contributed by atoms with Gasteiger partial charge >= 0.3 is 0 Å². The molecule has 0 saturated carbocycles. The van der Waals surface area contributed by atoms with E-state index < -0.39 is 0 Å². The molecular weight excluding hydrogens is 484 g/mol. The highest BCUT2D eigenvalue weighted by Gasteiger charge is 2.26. The van der Waals surface area contributed by atoms with Gasteiger partial charge in [0.15, 0.2) is 17.6 Å². The lowest BCUT2D eigenvalue weighted by molar-refractivity contribution is 0.241. The number of guanidine groups is 1. The van der Waals surface area contributed by atoms with Crippen LogP contribution >= 0.6 is 24.0 Å². The van der Waals surface area contributed by atoms with Crippen molar-refractivity contribution in [2.24, 2.45) is 4.99 Å². The Bertz CT molecular complexity index is 824. The number of aromatic nitrogens is 1. The van der Waals surface area contributed by atoms with Crippen LogP contribution in [0, 0.1) is 5.82 Å². The third-order valence-corrected chi connectivity index (χ3v) is 5.08. The number of benzene rings is 1. The third kappa shape index (κ3) is 5.29. The van der Waals surface area contributed by atoms with E-state index >= 15 is 0 Å². The van der Waals surface area contributed by atoms with Crippen molar-refractivity contribution in [3.05, 3.63) is 54.0 Å². The maximum Gasteiger partial charge on any atom is 0.191 e. The molecule has 0 spiro atoms. The van der Waals surface area contributed by atoms with E-state index in [2.05, 4.69) is 21.7 Å². The summed E-state index contributed by atoms with van der Waals surface area (Å²) in [6, 6.07) is 11.4. The van der Waals surface area contributed by atoms with Crippen molar-refractivity contribution in [1.29, 1.82) is 0 Å². The van der Waals surface area contributed by atoms with E-state index in [9.17, 15) is 4.39 Å². The zero-order chi connectivity index (χ0) is 19.3. The summed E-state index contributed by atoms with van der Waals surface area (Å²) in [5.41, 5.74) is 1.24. The minimum absolute atomic E-state index is 0. The highest BCUT2D eigenvalue weighted by atomic mass is 127. The first-order valence-electron chi connectivity index (χ1n) is 9.88. The van der Waals surface area contributed by atoms with Crippen molar-refractivity contribution >= 4 is 35.8 Å².